The van der Waals surface area contributed by atoms with E-state index in [1.54, 1.807) is 6.08 Å². The van der Waals surface area contributed by atoms with Gasteiger partial charge >= 0.3 is 0 Å². The van der Waals surface area contributed by atoms with Crippen LogP contribution in [0.25, 0.3) is 0 Å². The van der Waals surface area contributed by atoms with E-state index >= 15 is 0 Å². The number of unbranched alkanes of at least 4 members (excludes halogenated alkanes) is 57. The van der Waals surface area contributed by atoms with E-state index in [4.69, 9.17) is 0 Å². The predicted octanol–water partition coefficient (Wildman–Crippen LogP) is 23.8. The average molecular weight is 1050 g/mol. The molecule has 0 aliphatic carbocycles. The summed E-state index contributed by atoms with van der Waals surface area (Å²) in [6.45, 7) is 4.35. The Labute approximate surface area is 472 Å². The number of aliphatic hydroxyl groups is 2. The largest absolute Gasteiger partial charge is 0.394 e. The van der Waals surface area contributed by atoms with Crippen LogP contribution in [0.3, 0.4) is 0 Å². The van der Waals surface area contributed by atoms with E-state index in [2.05, 4.69) is 31.3 Å². The number of aliphatic hydroxyl groups excluding tert-OH is 2. The average Bonchev–Trinajstić information content (AvgIpc) is 3.41. The molecule has 0 radical (unpaired) electrons. The van der Waals surface area contributed by atoms with Crippen molar-refractivity contribution in [3.8, 4) is 0 Å². The van der Waals surface area contributed by atoms with Crippen molar-refractivity contribution in [1.82, 2.24) is 5.32 Å². The van der Waals surface area contributed by atoms with E-state index in [9.17, 15) is 15.0 Å². The second-order valence-corrected chi connectivity index (χ2v) is 24.3. The van der Waals surface area contributed by atoms with Crippen LogP contribution in [0.4, 0.5) is 0 Å². The Hall–Kier alpha value is -1.13. The maximum atomic E-state index is 12.5. The van der Waals surface area contributed by atoms with Crippen molar-refractivity contribution in [2.45, 2.75) is 418 Å². The minimum absolute atomic E-state index is 0.0640. The van der Waals surface area contributed by atoms with Gasteiger partial charge in [-0.15, -0.1) is 0 Å². The van der Waals surface area contributed by atoms with Crippen LogP contribution >= 0.6 is 0 Å². The first-order valence-electron chi connectivity index (χ1n) is 35.1. The van der Waals surface area contributed by atoms with Gasteiger partial charge in [0.05, 0.1) is 18.8 Å². The van der Waals surface area contributed by atoms with Crippen molar-refractivity contribution < 1.29 is 15.0 Å². The van der Waals surface area contributed by atoms with E-state index in [0.717, 1.165) is 32.1 Å². The summed E-state index contributed by atoms with van der Waals surface area (Å²) in [5.41, 5.74) is 0. The molecule has 3 N–H and O–H groups in total. The third-order valence-corrected chi connectivity index (χ3v) is 16.7. The zero-order chi connectivity index (χ0) is 54.1. The number of carbonyl (C=O) groups is 1. The molecule has 0 spiro atoms. The highest BCUT2D eigenvalue weighted by Crippen LogP contribution is 2.19. The fourth-order valence-corrected chi connectivity index (χ4v) is 11.4. The number of hydrogen-bond donors (Lipinski definition) is 3. The standard InChI is InChI=1S/C71H139NO3/c1-3-5-7-9-11-13-15-17-19-21-23-25-27-29-31-33-34-35-36-37-38-39-41-43-45-47-49-51-53-55-57-59-61-63-65-67-71(75)72-69(68-73)70(74)66-64-62-60-58-56-54-52-50-48-46-44-42-40-32-30-28-26-24-22-20-18-16-14-12-10-8-6-4-2/h56,58,64,66,69-70,73-74H,3-55,57,59-63,65,67-68H2,1-2H3,(H,72,75)/b58-56+,66-64+. The van der Waals surface area contributed by atoms with E-state index in [1.807, 2.05) is 6.08 Å². The molecule has 0 aromatic rings. The number of hydrogen-bond acceptors (Lipinski definition) is 3. The lowest BCUT2D eigenvalue weighted by Crippen LogP contribution is -2.45. The monoisotopic (exact) mass is 1050 g/mol. The maximum absolute atomic E-state index is 12.5. The van der Waals surface area contributed by atoms with Crippen LogP contribution in [0.1, 0.15) is 406 Å². The van der Waals surface area contributed by atoms with E-state index in [-0.39, 0.29) is 12.5 Å². The van der Waals surface area contributed by atoms with Crippen LogP contribution in [0.15, 0.2) is 24.3 Å². The Morgan fingerprint density at radius 3 is 0.773 bits per heavy atom. The number of amides is 1. The molecule has 0 fully saturated rings. The van der Waals surface area contributed by atoms with Crippen molar-refractivity contribution in [1.29, 1.82) is 0 Å². The highest BCUT2D eigenvalue weighted by molar-refractivity contribution is 5.76. The lowest BCUT2D eigenvalue weighted by atomic mass is 10.0. The molecule has 0 aliphatic heterocycles. The molecule has 0 heterocycles. The summed E-state index contributed by atoms with van der Waals surface area (Å²) in [6.07, 6.45) is 91.4. The highest BCUT2D eigenvalue weighted by Gasteiger charge is 2.18. The first-order chi connectivity index (χ1) is 37.2. The topological polar surface area (TPSA) is 69.6 Å². The van der Waals surface area contributed by atoms with Crippen molar-refractivity contribution in [3.63, 3.8) is 0 Å². The fourth-order valence-electron chi connectivity index (χ4n) is 11.4. The van der Waals surface area contributed by atoms with Gasteiger partial charge in [0, 0.05) is 6.42 Å². The molecule has 2 atom stereocenters. The van der Waals surface area contributed by atoms with Gasteiger partial charge in [0.2, 0.25) is 5.91 Å². The Morgan fingerprint density at radius 1 is 0.307 bits per heavy atom. The van der Waals surface area contributed by atoms with Gasteiger partial charge in [-0.05, 0) is 32.1 Å². The van der Waals surface area contributed by atoms with E-state index < -0.39 is 12.1 Å². The third-order valence-electron chi connectivity index (χ3n) is 16.7. The van der Waals surface area contributed by atoms with Gasteiger partial charge in [-0.25, -0.2) is 0 Å². The molecule has 0 saturated carbocycles. The first kappa shape index (κ1) is 73.9. The van der Waals surface area contributed by atoms with Crippen molar-refractivity contribution in [3.05, 3.63) is 24.3 Å². The van der Waals surface area contributed by atoms with Crippen LogP contribution in [0.2, 0.25) is 0 Å². The highest BCUT2D eigenvalue weighted by atomic mass is 16.3. The second kappa shape index (κ2) is 67.1. The summed E-state index contributed by atoms with van der Waals surface area (Å²) in [6, 6.07) is -0.638. The maximum Gasteiger partial charge on any atom is 0.220 e. The number of rotatable bonds is 66. The number of nitrogens with one attached hydrogen (secondary N) is 1. The molecular weight excluding hydrogens is 915 g/mol. The summed E-state index contributed by atoms with van der Waals surface area (Å²) in [5.74, 6) is -0.0640. The zero-order valence-corrected chi connectivity index (χ0v) is 51.6. The van der Waals surface area contributed by atoms with Gasteiger partial charge in [-0.1, -0.05) is 391 Å². The molecule has 446 valence electrons. The SMILES string of the molecule is CCCCCCCCCCCCCCCCCCCCCCCC/C=C/CC/C=C/C(O)C(CO)NC(=O)CCCCCCCCCCCCCCCCCCCCCCCCCCCCCCCCCCCCC. The Bertz CT molecular complexity index is 1100. The van der Waals surface area contributed by atoms with Gasteiger partial charge in [0.25, 0.3) is 0 Å². The molecule has 4 heteroatoms. The van der Waals surface area contributed by atoms with Crippen LogP contribution in [-0.2, 0) is 4.79 Å². The van der Waals surface area contributed by atoms with Crippen LogP contribution < -0.4 is 5.32 Å². The van der Waals surface area contributed by atoms with E-state index in [0.29, 0.717) is 6.42 Å². The minimum atomic E-state index is -0.861. The number of allylic oxidation sites excluding steroid dienone is 3. The van der Waals surface area contributed by atoms with Crippen molar-refractivity contribution >= 4 is 5.91 Å². The quantitative estimate of drug-likeness (QED) is 0.0420. The normalized spacial score (nSPS) is 12.7. The third kappa shape index (κ3) is 63.6. The summed E-state index contributed by atoms with van der Waals surface area (Å²) in [4.78, 5) is 12.5. The molecule has 1 amide bonds. The van der Waals surface area contributed by atoms with Crippen molar-refractivity contribution in [2.24, 2.45) is 0 Å². The fraction of sp³-hybridized carbons (Fsp3) is 0.930. The Morgan fingerprint density at radius 2 is 0.520 bits per heavy atom. The Kier molecular flexibility index (Phi) is 66.1. The molecule has 0 aliphatic rings. The summed E-state index contributed by atoms with van der Waals surface area (Å²) in [5, 5.41) is 23.3. The second-order valence-electron chi connectivity index (χ2n) is 24.3. The zero-order valence-electron chi connectivity index (χ0n) is 51.6. The molecule has 4 nitrogen and oxygen atoms in total. The first-order valence-corrected chi connectivity index (χ1v) is 35.1. The van der Waals surface area contributed by atoms with E-state index in [1.165, 1.54) is 353 Å². The number of carbonyl (C=O) groups excluding carboxylic acids is 1. The minimum Gasteiger partial charge on any atom is -0.394 e. The molecule has 0 saturated heterocycles. The lowest BCUT2D eigenvalue weighted by Gasteiger charge is -2.19. The predicted molar refractivity (Wildman–Crippen MR) is 336 cm³/mol. The summed E-state index contributed by atoms with van der Waals surface area (Å²) < 4.78 is 0. The molecule has 0 aromatic carbocycles. The van der Waals surface area contributed by atoms with Gasteiger partial charge < -0.3 is 15.5 Å². The molecule has 75 heavy (non-hydrogen) atoms. The Balaban J connectivity index is 3.42. The molecular formula is C71H139NO3. The van der Waals surface area contributed by atoms with Gasteiger partial charge in [-0.3, -0.25) is 4.79 Å². The van der Waals surface area contributed by atoms with Gasteiger partial charge in [0.1, 0.15) is 0 Å². The van der Waals surface area contributed by atoms with Crippen LogP contribution in [-0.4, -0.2) is 34.9 Å². The van der Waals surface area contributed by atoms with Crippen LogP contribution in [0, 0.1) is 0 Å². The molecule has 0 aromatic heterocycles. The lowest BCUT2D eigenvalue weighted by molar-refractivity contribution is -0.123. The van der Waals surface area contributed by atoms with Gasteiger partial charge in [-0.2, -0.15) is 0 Å². The molecule has 0 rings (SSSR count). The summed E-state index contributed by atoms with van der Waals surface area (Å²) >= 11 is 0. The van der Waals surface area contributed by atoms with Crippen molar-refractivity contribution in [2.75, 3.05) is 6.61 Å². The van der Waals surface area contributed by atoms with Gasteiger partial charge in [0.15, 0.2) is 0 Å². The smallest absolute Gasteiger partial charge is 0.220 e. The summed E-state index contributed by atoms with van der Waals surface area (Å²) in [7, 11) is 0. The van der Waals surface area contributed by atoms with Crippen LogP contribution in [0.5, 0.6) is 0 Å². The molecule has 0 bridgehead atoms. The molecule has 2 unspecified atom stereocenters.